The van der Waals surface area contributed by atoms with Crippen LogP contribution in [-0.2, 0) is 9.53 Å². The van der Waals surface area contributed by atoms with Crippen LogP contribution in [0.4, 0.5) is 5.69 Å². The lowest BCUT2D eigenvalue weighted by Crippen LogP contribution is -2.50. The van der Waals surface area contributed by atoms with Crippen molar-refractivity contribution in [3.63, 3.8) is 0 Å². The average Bonchev–Trinajstić information content (AvgIpc) is 2.49. The molecule has 0 aromatic heterocycles. The van der Waals surface area contributed by atoms with Crippen molar-refractivity contribution in [1.82, 2.24) is 10.2 Å². The molecule has 6 heteroatoms. The highest BCUT2D eigenvalue weighted by Gasteiger charge is 2.24. The maximum Gasteiger partial charge on any atom is 0.254 e. The molecule has 1 unspecified atom stereocenters. The number of amides is 2. The molecule has 2 rings (SSSR count). The fraction of sp³-hybridized carbons (Fsp3) is 0.467. The predicted molar refractivity (Wildman–Crippen MR) is 79.9 cm³/mol. The number of hydrogen-bond acceptors (Lipinski definition) is 4. The Morgan fingerprint density at radius 1 is 1.33 bits per heavy atom. The highest BCUT2D eigenvalue weighted by Crippen LogP contribution is 2.14. The van der Waals surface area contributed by atoms with Crippen LogP contribution in [0.3, 0.4) is 0 Å². The molecule has 0 bridgehead atoms. The van der Waals surface area contributed by atoms with E-state index in [1.165, 1.54) is 0 Å². The summed E-state index contributed by atoms with van der Waals surface area (Å²) in [5.74, 6) is -0.428. The molecule has 2 amide bonds. The van der Waals surface area contributed by atoms with Gasteiger partial charge in [-0.2, -0.15) is 0 Å². The first-order valence-electron chi connectivity index (χ1n) is 7.02. The van der Waals surface area contributed by atoms with Crippen LogP contribution in [0.5, 0.6) is 0 Å². The number of morpholine rings is 1. The Labute approximate surface area is 124 Å². The Bertz CT molecular complexity index is 539. The lowest BCUT2D eigenvalue weighted by atomic mass is 10.1. The SMILES string of the molecule is Cc1ccc(N)c(C(=O)NC(C)C(=O)N2CCOCC2)c1. The van der Waals surface area contributed by atoms with Crippen LogP contribution in [0.2, 0.25) is 0 Å². The number of aryl methyl sites for hydroxylation is 1. The molecule has 1 heterocycles. The van der Waals surface area contributed by atoms with Crippen molar-refractivity contribution in [2.45, 2.75) is 19.9 Å². The molecule has 0 radical (unpaired) electrons. The van der Waals surface area contributed by atoms with Gasteiger partial charge >= 0.3 is 0 Å². The van der Waals surface area contributed by atoms with Gasteiger partial charge in [0.2, 0.25) is 5.91 Å². The number of carbonyl (C=O) groups excluding carboxylic acids is 2. The number of benzene rings is 1. The van der Waals surface area contributed by atoms with E-state index >= 15 is 0 Å². The van der Waals surface area contributed by atoms with Crippen molar-refractivity contribution in [3.8, 4) is 0 Å². The van der Waals surface area contributed by atoms with E-state index in [9.17, 15) is 9.59 Å². The van der Waals surface area contributed by atoms with Gasteiger partial charge in [0.25, 0.3) is 5.91 Å². The first-order chi connectivity index (χ1) is 9.99. The molecule has 6 nitrogen and oxygen atoms in total. The van der Waals surface area contributed by atoms with E-state index < -0.39 is 6.04 Å². The van der Waals surface area contributed by atoms with Crippen molar-refractivity contribution >= 4 is 17.5 Å². The standard InChI is InChI=1S/C15H21N3O3/c1-10-3-4-13(16)12(9-10)14(19)17-11(2)15(20)18-5-7-21-8-6-18/h3-4,9,11H,5-8,16H2,1-2H3,(H,17,19). The second-order valence-corrected chi connectivity index (χ2v) is 5.22. The normalized spacial score (nSPS) is 16.4. The quantitative estimate of drug-likeness (QED) is 0.797. The third-order valence-corrected chi connectivity index (χ3v) is 3.49. The van der Waals surface area contributed by atoms with Crippen LogP contribution in [0.1, 0.15) is 22.8 Å². The molecule has 1 fully saturated rings. The van der Waals surface area contributed by atoms with E-state index in [0.717, 1.165) is 5.56 Å². The molecule has 1 atom stereocenters. The summed E-state index contributed by atoms with van der Waals surface area (Å²) in [5, 5.41) is 2.71. The van der Waals surface area contributed by atoms with E-state index in [2.05, 4.69) is 5.32 Å². The summed E-state index contributed by atoms with van der Waals surface area (Å²) in [5.41, 5.74) is 7.56. The van der Waals surface area contributed by atoms with Crippen LogP contribution in [0.15, 0.2) is 18.2 Å². The van der Waals surface area contributed by atoms with Crippen LogP contribution in [0.25, 0.3) is 0 Å². The maximum absolute atomic E-state index is 12.2. The molecular weight excluding hydrogens is 270 g/mol. The monoisotopic (exact) mass is 291 g/mol. The highest BCUT2D eigenvalue weighted by molar-refractivity contribution is 6.01. The van der Waals surface area contributed by atoms with Crippen molar-refractivity contribution < 1.29 is 14.3 Å². The number of ether oxygens (including phenoxy) is 1. The van der Waals surface area contributed by atoms with Crippen molar-refractivity contribution in [3.05, 3.63) is 29.3 Å². The first kappa shape index (κ1) is 15.3. The van der Waals surface area contributed by atoms with E-state index in [1.807, 2.05) is 13.0 Å². The number of nitrogens with zero attached hydrogens (tertiary/aromatic N) is 1. The third-order valence-electron chi connectivity index (χ3n) is 3.49. The van der Waals surface area contributed by atoms with Crippen LogP contribution in [0, 0.1) is 6.92 Å². The van der Waals surface area contributed by atoms with Gasteiger partial charge < -0.3 is 20.7 Å². The molecule has 21 heavy (non-hydrogen) atoms. The fourth-order valence-corrected chi connectivity index (χ4v) is 2.26. The Hall–Kier alpha value is -2.08. The Morgan fingerprint density at radius 2 is 2.00 bits per heavy atom. The summed E-state index contributed by atoms with van der Waals surface area (Å²) >= 11 is 0. The largest absolute Gasteiger partial charge is 0.398 e. The van der Waals surface area contributed by atoms with Gasteiger partial charge in [0.05, 0.1) is 18.8 Å². The second-order valence-electron chi connectivity index (χ2n) is 5.22. The zero-order valence-electron chi connectivity index (χ0n) is 12.4. The molecule has 1 aliphatic rings. The van der Waals surface area contributed by atoms with Gasteiger partial charge in [-0.25, -0.2) is 0 Å². The molecule has 1 saturated heterocycles. The molecule has 0 aliphatic carbocycles. The van der Waals surface area contributed by atoms with Gasteiger partial charge in [-0.3, -0.25) is 9.59 Å². The molecular formula is C15H21N3O3. The predicted octanol–water partition coefficient (Wildman–Crippen LogP) is 0.554. The summed E-state index contributed by atoms with van der Waals surface area (Å²) < 4.78 is 5.21. The highest BCUT2D eigenvalue weighted by atomic mass is 16.5. The molecule has 1 aliphatic heterocycles. The zero-order valence-corrected chi connectivity index (χ0v) is 12.4. The Kier molecular flexibility index (Phi) is 4.80. The van der Waals surface area contributed by atoms with Gasteiger partial charge in [-0.15, -0.1) is 0 Å². The van der Waals surface area contributed by atoms with Crippen molar-refractivity contribution in [2.24, 2.45) is 0 Å². The number of hydrogen-bond donors (Lipinski definition) is 2. The summed E-state index contributed by atoms with van der Waals surface area (Å²) in [6, 6.07) is 4.67. The van der Waals surface area contributed by atoms with Gasteiger partial charge in [-0.1, -0.05) is 11.6 Å². The smallest absolute Gasteiger partial charge is 0.254 e. The van der Waals surface area contributed by atoms with Crippen LogP contribution in [-0.4, -0.2) is 49.1 Å². The molecule has 114 valence electrons. The summed E-state index contributed by atoms with van der Waals surface area (Å²) in [7, 11) is 0. The van der Waals surface area contributed by atoms with Crippen molar-refractivity contribution in [1.29, 1.82) is 0 Å². The average molecular weight is 291 g/mol. The van der Waals surface area contributed by atoms with E-state index in [1.54, 1.807) is 24.0 Å². The Balaban J connectivity index is 2.01. The number of nitrogen functional groups attached to an aromatic ring is 1. The summed E-state index contributed by atoms with van der Waals surface area (Å²) in [4.78, 5) is 26.2. The molecule has 3 N–H and O–H groups in total. The first-order valence-corrected chi connectivity index (χ1v) is 7.02. The number of carbonyl (C=O) groups is 2. The minimum Gasteiger partial charge on any atom is -0.398 e. The zero-order chi connectivity index (χ0) is 15.4. The van der Waals surface area contributed by atoms with Gasteiger partial charge in [0.15, 0.2) is 0 Å². The van der Waals surface area contributed by atoms with Gasteiger partial charge in [0, 0.05) is 18.8 Å². The third kappa shape index (κ3) is 3.72. The summed E-state index contributed by atoms with van der Waals surface area (Å²) in [6.07, 6.45) is 0. The second kappa shape index (κ2) is 6.58. The van der Waals surface area contributed by atoms with Gasteiger partial charge in [0.1, 0.15) is 6.04 Å². The van der Waals surface area contributed by atoms with Crippen molar-refractivity contribution in [2.75, 3.05) is 32.0 Å². The van der Waals surface area contributed by atoms with E-state index in [-0.39, 0.29) is 11.8 Å². The number of rotatable bonds is 3. The Morgan fingerprint density at radius 3 is 2.67 bits per heavy atom. The fourth-order valence-electron chi connectivity index (χ4n) is 2.26. The summed E-state index contributed by atoms with van der Waals surface area (Å²) in [6.45, 7) is 5.77. The molecule has 0 saturated carbocycles. The topological polar surface area (TPSA) is 84.7 Å². The van der Waals surface area contributed by atoms with E-state index in [4.69, 9.17) is 10.5 Å². The number of nitrogens with one attached hydrogen (secondary N) is 1. The molecule has 0 spiro atoms. The number of anilines is 1. The molecule has 1 aromatic carbocycles. The van der Waals surface area contributed by atoms with Crippen LogP contribution >= 0.6 is 0 Å². The van der Waals surface area contributed by atoms with Gasteiger partial charge in [-0.05, 0) is 26.0 Å². The lowest BCUT2D eigenvalue weighted by molar-refractivity contribution is -0.136. The minimum absolute atomic E-state index is 0.0992. The molecule has 1 aromatic rings. The van der Waals surface area contributed by atoms with E-state index in [0.29, 0.717) is 37.6 Å². The number of nitrogens with two attached hydrogens (primary N) is 1. The van der Waals surface area contributed by atoms with Crippen LogP contribution < -0.4 is 11.1 Å². The maximum atomic E-state index is 12.2. The minimum atomic E-state index is -0.587. The lowest BCUT2D eigenvalue weighted by Gasteiger charge is -2.29.